The molecule has 2 aliphatic rings. The van der Waals surface area contributed by atoms with E-state index in [1.165, 1.54) is 0 Å². The van der Waals surface area contributed by atoms with Gasteiger partial charge in [0.2, 0.25) is 5.91 Å². The molecular formula is C9H16N2O2S. The molecule has 2 heterocycles. The van der Waals surface area contributed by atoms with Crippen molar-refractivity contribution < 1.29 is 9.00 Å². The molecule has 5 heteroatoms. The molecule has 14 heavy (non-hydrogen) atoms. The molecule has 1 amide bonds. The van der Waals surface area contributed by atoms with Gasteiger partial charge < -0.3 is 10.6 Å². The normalized spacial score (nSPS) is 37.3. The fraction of sp³-hybridized carbons (Fsp3) is 0.889. The topological polar surface area (TPSA) is 58.2 Å². The molecule has 2 rings (SSSR count). The van der Waals surface area contributed by atoms with E-state index in [1.54, 1.807) is 0 Å². The molecule has 3 atom stereocenters. The first-order chi connectivity index (χ1) is 6.75. The quantitative estimate of drug-likeness (QED) is 0.646. The van der Waals surface area contributed by atoms with Crippen LogP contribution in [0.15, 0.2) is 0 Å². The van der Waals surface area contributed by atoms with Crippen molar-refractivity contribution in [3.05, 3.63) is 0 Å². The van der Waals surface area contributed by atoms with Gasteiger partial charge in [-0.3, -0.25) is 9.00 Å². The molecule has 0 radical (unpaired) electrons. The van der Waals surface area contributed by atoms with E-state index >= 15 is 0 Å². The summed E-state index contributed by atoms with van der Waals surface area (Å²) in [6, 6.07) is 0.134. The van der Waals surface area contributed by atoms with Crippen molar-refractivity contribution in [1.29, 1.82) is 0 Å². The van der Waals surface area contributed by atoms with Crippen molar-refractivity contribution >= 4 is 16.7 Å². The van der Waals surface area contributed by atoms with Crippen LogP contribution in [0.1, 0.15) is 19.3 Å². The molecule has 0 bridgehead atoms. The lowest BCUT2D eigenvalue weighted by molar-refractivity contribution is -0.123. The highest BCUT2D eigenvalue weighted by atomic mass is 32.2. The molecular weight excluding hydrogens is 200 g/mol. The molecule has 80 valence electrons. The van der Waals surface area contributed by atoms with Gasteiger partial charge in [0.1, 0.15) is 0 Å². The van der Waals surface area contributed by atoms with Crippen LogP contribution >= 0.6 is 0 Å². The summed E-state index contributed by atoms with van der Waals surface area (Å²) in [5, 5.41) is 6.11. The largest absolute Gasteiger partial charge is 0.351 e. The Morgan fingerprint density at radius 2 is 2.29 bits per heavy atom. The van der Waals surface area contributed by atoms with Crippen molar-refractivity contribution in [1.82, 2.24) is 10.6 Å². The van der Waals surface area contributed by atoms with Crippen molar-refractivity contribution in [2.24, 2.45) is 0 Å². The number of carbonyl (C=O) groups is 1. The lowest BCUT2D eigenvalue weighted by Crippen LogP contribution is -2.45. The SMILES string of the molecule is O=C(NC1CCS(=O)C1)C1CCCN1. The van der Waals surface area contributed by atoms with Gasteiger partial charge in [-0.2, -0.15) is 0 Å². The Labute approximate surface area is 86.3 Å². The smallest absolute Gasteiger partial charge is 0.237 e. The van der Waals surface area contributed by atoms with Crippen LogP contribution in [0.5, 0.6) is 0 Å². The Balaban J connectivity index is 1.79. The van der Waals surface area contributed by atoms with Crippen LogP contribution in [0.25, 0.3) is 0 Å². The monoisotopic (exact) mass is 216 g/mol. The Morgan fingerprint density at radius 3 is 2.86 bits per heavy atom. The molecule has 0 aliphatic carbocycles. The number of hydrogen-bond donors (Lipinski definition) is 2. The van der Waals surface area contributed by atoms with Crippen LogP contribution < -0.4 is 10.6 Å². The number of hydrogen-bond acceptors (Lipinski definition) is 3. The first kappa shape index (κ1) is 10.1. The average Bonchev–Trinajstić information content (AvgIpc) is 2.75. The third-order valence-electron chi connectivity index (χ3n) is 2.80. The predicted molar refractivity (Wildman–Crippen MR) is 55.4 cm³/mol. The van der Waals surface area contributed by atoms with Crippen LogP contribution in [0.4, 0.5) is 0 Å². The maximum Gasteiger partial charge on any atom is 0.237 e. The standard InChI is InChI=1S/C9H16N2O2S/c12-9(8-2-1-4-10-8)11-7-3-5-14(13)6-7/h7-8,10H,1-6H2,(H,11,12). The summed E-state index contributed by atoms with van der Waals surface area (Å²) in [6.07, 6.45) is 2.88. The average molecular weight is 216 g/mol. The zero-order valence-electron chi connectivity index (χ0n) is 8.12. The van der Waals surface area contributed by atoms with E-state index in [9.17, 15) is 9.00 Å². The van der Waals surface area contributed by atoms with E-state index in [2.05, 4.69) is 10.6 Å². The Bertz CT molecular complexity index is 251. The highest BCUT2D eigenvalue weighted by Crippen LogP contribution is 2.10. The van der Waals surface area contributed by atoms with Crippen LogP contribution in [0.2, 0.25) is 0 Å². The second-order valence-corrected chi connectivity index (χ2v) is 5.57. The van der Waals surface area contributed by atoms with E-state index in [4.69, 9.17) is 0 Å². The van der Waals surface area contributed by atoms with Crippen molar-refractivity contribution in [2.45, 2.75) is 31.3 Å². The molecule has 0 aromatic carbocycles. The minimum absolute atomic E-state index is 0.0102. The van der Waals surface area contributed by atoms with E-state index in [0.717, 1.165) is 31.6 Å². The van der Waals surface area contributed by atoms with Gasteiger partial charge in [0.15, 0.2) is 0 Å². The van der Waals surface area contributed by atoms with Crippen molar-refractivity contribution in [3.63, 3.8) is 0 Å². The van der Waals surface area contributed by atoms with E-state index in [-0.39, 0.29) is 18.0 Å². The second-order valence-electron chi connectivity index (χ2n) is 3.95. The van der Waals surface area contributed by atoms with Crippen LogP contribution in [-0.4, -0.2) is 40.3 Å². The summed E-state index contributed by atoms with van der Waals surface area (Å²) in [4.78, 5) is 11.6. The number of nitrogens with one attached hydrogen (secondary N) is 2. The highest BCUT2D eigenvalue weighted by Gasteiger charge is 2.27. The predicted octanol–water partition coefficient (Wildman–Crippen LogP) is -0.624. The van der Waals surface area contributed by atoms with Gasteiger partial charge >= 0.3 is 0 Å². The van der Waals surface area contributed by atoms with Crippen molar-refractivity contribution in [2.75, 3.05) is 18.1 Å². The number of amides is 1. The van der Waals surface area contributed by atoms with Crippen LogP contribution in [0.3, 0.4) is 0 Å². The summed E-state index contributed by atoms with van der Waals surface area (Å²) in [5.41, 5.74) is 0. The Kier molecular flexibility index (Phi) is 3.18. The van der Waals surface area contributed by atoms with E-state index in [1.807, 2.05) is 0 Å². The summed E-state index contributed by atoms with van der Waals surface area (Å²) in [7, 11) is -0.706. The second kappa shape index (κ2) is 4.40. The molecule has 0 saturated carbocycles. The molecule has 2 aliphatic heterocycles. The molecule has 4 nitrogen and oxygen atoms in total. The van der Waals surface area contributed by atoms with E-state index < -0.39 is 10.8 Å². The molecule has 0 spiro atoms. The first-order valence-electron chi connectivity index (χ1n) is 5.14. The molecule has 2 N–H and O–H groups in total. The van der Waals surface area contributed by atoms with E-state index in [0.29, 0.717) is 5.75 Å². The zero-order valence-corrected chi connectivity index (χ0v) is 8.94. The maximum atomic E-state index is 11.6. The Hall–Kier alpha value is -0.420. The summed E-state index contributed by atoms with van der Waals surface area (Å²) >= 11 is 0. The van der Waals surface area contributed by atoms with Crippen molar-refractivity contribution in [3.8, 4) is 0 Å². The lowest BCUT2D eigenvalue weighted by atomic mass is 10.2. The minimum Gasteiger partial charge on any atom is -0.351 e. The van der Waals surface area contributed by atoms with Crippen LogP contribution in [0, 0.1) is 0 Å². The molecule has 3 unspecified atom stereocenters. The molecule has 0 aromatic heterocycles. The van der Waals surface area contributed by atoms with Gasteiger partial charge in [-0.25, -0.2) is 0 Å². The van der Waals surface area contributed by atoms with Gasteiger partial charge in [-0.05, 0) is 25.8 Å². The fourth-order valence-corrected chi connectivity index (χ4v) is 3.40. The fourth-order valence-electron chi connectivity index (χ4n) is 1.99. The minimum atomic E-state index is -0.706. The van der Waals surface area contributed by atoms with Gasteiger partial charge in [0.25, 0.3) is 0 Å². The van der Waals surface area contributed by atoms with Gasteiger partial charge in [0, 0.05) is 28.3 Å². The summed E-state index contributed by atoms with van der Waals surface area (Å²) < 4.78 is 11.1. The lowest BCUT2D eigenvalue weighted by Gasteiger charge is -2.15. The number of carbonyl (C=O) groups excluding carboxylic acids is 1. The highest BCUT2D eigenvalue weighted by molar-refractivity contribution is 7.85. The van der Waals surface area contributed by atoms with Gasteiger partial charge in [-0.15, -0.1) is 0 Å². The van der Waals surface area contributed by atoms with Gasteiger partial charge in [-0.1, -0.05) is 0 Å². The first-order valence-corrected chi connectivity index (χ1v) is 6.63. The summed E-state index contributed by atoms with van der Waals surface area (Å²) in [5.74, 6) is 1.47. The zero-order chi connectivity index (χ0) is 9.97. The summed E-state index contributed by atoms with van der Waals surface area (Å²) in [6.45, 7) is 0.939. The third kappa shape index (κ3) is 2.33. The number of rotatable bonds is 2. The van der Waals surface area contributed by atoms with Crippen LogP contribution in [-0.2, 0) is 15.6 Å². The molecule has 2 saturated heterocycles. The molecule has 0 aromatic rings. The molecule has 2 fully saturated rings. The third-order valence-corrected chi connectivity index (χ3v) is 4.27. The Morgan fingerprint density at radius 1 is 1.43 bits per heavy atom. The van der Waals surface area contributed by atoms with Gasteiger partial charge in [0.05, 0.1) is 6.04 Å². The maximum absolute atomic E-state index is 11.6.